The van der Waals surface area contributed by atoms with Crippen molar-refractivity contribution in [2.45, 2.75) is 6.92 Å². The molecule has 2 aromatic rings. The predicted molar refractivity (Wildman–Crippen MR) is 103 cm³/mol. The van der Waals surface area contributed by atoms with Crippen LogP contribution in [0.25, 0.3) is 6.08 Å². The molecule has 4 nitrogen and oxygen atoms in total. The average molecular weight is 424 g/mol. The minimum absolute atomic E-state index is 0.136. The van der Waals surface area contributed by atoms with Crippen molar-refractivity contribution in [2.24, 2.45) is 4.99 Å². The molecule has 0 saturated carbocycles. The molecule has 1 amide bonds. The number of aryl methyl sites for hydroxylation is 1. The lowest BCUT2D eigenvalue weighted by Gasteiger charge is -2.00. The highest BCUT2D eigenvalue weighted by Gasteiger charge is 2.24. The molecule has 1 aliphatic heterocycles. The highest BCUT2D eigenvalue weighted by molar-refractivity contribution is 9.10. The van der Waals surface area contributed by atoms with Gasteiger partial charge in [-0.15, -0.1) is 0 Å². The fourth-order valence-electron chi connectivity index (χ4n) is 2.03. The number of nitrogens with one attached hydrogen (secondary N) is 1. The quantitative estimate of drug-likeness (QED) is 0.668. The van der Waals surface area contributed by atoms with Crippen LogP contribution in [0.5, 0.6) is 5.75 Å². The third-order valence-electron chi connectivity index (χ3n) is 3.30. The van der Waals surface area contributed by atoms with Crippen LogP contribution < -0.4 is 5.32 Å². The summed E-state index contributed by atoms with van der Waals surface area (Å²) in [5.74, 6) is -0.0937. The number of benzene rings is 2. The van der Waals surface area contributed by atoms with Crippen molar-refractivity contribution in [3.05, 3.63) is 61.9 Å². The van der Waals surface area contributed by atoms with E-state index < -0.39 is 0 Å². The Bertz CT molecular complexity index is 896. The zero-order valence-electron chi connectivity index (χ0n) is 12.5. The number of amides is 1. The van der Waals surface area contributed by atoms with Gasteiger partial charge in [-0.25, -0.2) is 4.99 Å². The van der Waals surface area contributed by atoms with Gasteiger partial charge in [-0.1, -0.05) is 33.6 Å². The van der Waals surface area contributed by atoms with Crippen LogP contribution >= 0.6 is 39.3 Å². The largest absolute Gasteiger partial charge is 0.508 e. The van der Waals surface area contributed by atoms with Gasteiger partial charge in [-0.2, -0.15) is 0 Å². The number of rotatable bonds is 2. The molecule has 1 heterocycles. The van der Waals surface area contributed by atoms with Crippen LogP contribution in [0.15, 0.2) is 50.8 Å². The zero-order chi connectivity index (χ0) is 17.3. The van der Waals surface area contributed by atoms with Crippen LogP contribution in [0.3, 0.4) is 0 Å². The minimum atomic E-state index is -0.229. The van der Waals surface area contributed by atoms with Crippen molar-refractivity contribution in [3.8, 4) is 5.75 Å². The van der Waals surface area contributed by atoms with E-state index in [9.17, 15) is 9.90 Å². The van der Waals surface area contributed by atoms with Gasteiger partial charge in [-0.05, 0) is 66.2 Å². The van der Waals surface area contributed by atoms with Gasteiger partial charge in [0, 0.05) is 9.50 Å². The topological polar surface area (TPSA) is 61.7 Å². The van der Waals surface area contributed by atoms with E-state index in [-0.39, 0.29) is 11.7 Å². The number of phenols is 1. The molecular formula is C17H12BrClN2O2S. The number of carbonyl (C=O) groups excluding carboxylic acids is 1. The Hall–Kier alpha value is -1.76. The van der Waals surface area contributed by atoms with E-state index in [0.717, 1.165) is 10.0 Å². The lowest BCUT2D eigenvalue weighted by molar-refractivity contribution is -0.115. The molecule has 2 aromatic carbocycles. The molecule has 0 unspecified atom stereocenters. The summed E-state index contributed by atoms with van der Waals surface area (Å²) < 4.78 is 0.789. The molecule has 0 aliphatic carbocycles. The fraction of sp³-hybridized carbons (Fsp3) is 0.0588. The molecule has 0 spiro atoms. The van der Waals surface area contributed by atoms with Gasteiger partial charge in [0.25, 0.3) is 5.91 Å². The predicted octanol–water partition coefficient (Wildman–Crippen LogP) is 5.01. The summed E-state index contributed by atoms with van der Waals surface area (Å²) >= 11 is 10.7. The van der Waals surface area contributed by atoms with E-state index in [1.165, 1.54) is 11.8 Å². The first-order valence-corrected chi connectivity index (χ1v) is 8.95. The second-order valence-electron chi connectivity index (χ2n) is 5.12. The van der Waals surface area contributed by atoms with Crippen molar-refractivity contribution < 1.29 is 9.90 Å². The van der Waals surface area contributed by atoms with Gasteiger partial charge in [0.1, 0.15) is 5.75 Å². The smallest absolute Gasteiger partial charge is 0.264 e. The summed E-state index contributed by atoms with van der Waals surface area (Å²) in [6.45, 7) is 1.92. The molecule has 1 saturated heterocycles. The Balaban J connectivity index is 1.87. The van der Waals surface area contributed by atoms with Gasteiger partial charge in [0.15, 0.2) is 5.17 Å². The van der Waals surface area contributed by atoms with Crippen molar-refractivity contribution in [2.75, 3.05) is 0 Å². The maximum Gasteiger partial charge on any atom is 0.264 e. The maximum atomic E-state index is 12.1. The van der Waals surface area contributed by atoms with Crippen LogP contribution in [-0.2, 0) is 4.79 Å². The first-order chi connectivity index (χ1) is 11.4. The van der Waals surface area contributed by atoms with Crippen molar-refractivity contribution in [3.63, 3.8) is 0 Å². The Kier molecular flexibility index (Phi) is 4.99. The lowest BCUT2D eigenvalue weighted by Crippen LogP contribution is -2.19. The number of aliphatic imine (C=N–C) groups is 1. The van der Waals surface area contributed by atoms with E-state index in [2.05, 4.69) is 26.2 Å². The van der Waals surface area contributed by atoms with E-state index in [0.29, 0.717) is 26.3 Å². The number of hydrogen-bond acceptors (Lipinski definition) is 4. The summed E-state index contributed by atoms with van der Waals surface area (Å²) in [5, 5.41) is 13.4. The summed E-state index contributed by atoms with van der Waals surface area (Å²) in [6, 6.07) is 10.4. The number of thioether (sulfide) groups is 1. The number of amidine groups is 1. The number of halogens is 2. The summed E-state index contributed by atoms with van der Waals surface area (Å²) in [5.41, 5.74) is 2.36. The number of hydrogen-bond donors (Lipinski definition) is 2. The van der Waals surface area contributed by atoms with Crippen LogP contribution in [0.1, 0.15) is 11.1 Å². The monoisotopic (exact) mass is 422 g/mol. The fourth-order valence-corrected chi connectivity index (χ4v) is 3.40. The SMILES string of the molecule is Cc1ccc(N=C2NC(=O)/C(=C/c3cc(O)ccc3Br)S2)cc1Cl. The van der Waals surface area contributed by atoms with Crippen LogP contribution in [0.4, 0.5) is 5.69 Å². The van der Waals surface area contributed by atoms with Crippen LogP contribution in [0.2, 0.25) is 5.02 Å². The molecule has 24 heavy (non-hydrogen) atoms. The number of nitrogens with zero attached hydrogens (tertiary/aromatic N) is 1. The van der Waals surface area contributed by atoms with Gasteiger partial charge in [-0.3, -0.25) is 4.79 Å². The first-order valence-electron chi connectivity index (χ1n) is 6.96. The van der Waals surface area contributed by atoms with Crippen molar-refractivity contribution in [1.82, 2.24) is 5.32 Å². The summed E-state index contributed by atoms with van der Waals surface area (Å²) in [6.07, 6.45) is 1.70. The molecule has 7 heteroatoms. The second kappa shape index (κ2) is 7.01. The first kappa shape index (κ1) is 17.1. The Morgan fingerprint density at radius 1 is 1.29 bits per heavy atom. The van der Waals surface area contributed by atoms with Crippen LogP contribution in [-0.4, -0.2) is 16.2 Å². The molecule has 0 atom stereocenters. The maximum absolute atomic E-state index is 12.1. The number of aromatic hydroxyl groups is 1. The lowest BCUT2D eigenvalue weighted by atomic mass is 10.2. The van der Waals surface area contributed by atoms with Gasteiger partial charge in [0.2, 0.25) is 0 Å². The molecule has 122 valence electrons. The van der Waals surface area contributed by atoms with E-state index in [1.54, 1.807) is 30.3 Å². The molecule has 1 fully saturated rings. The molecule has 0 bridgehead atoms. The average Bonchev–Trinajstić information content (AvgIpc) is 2.86. The van der Waals surface area contributed by atoms with Crippen LogP contribution in [0, 0.1) is 6.92 Å². The third kappa shape index (κ3) is 3.83. The number of carbonyl (C=O) groups is 1. The molecule has 0 aromatic heterocycles. The van der Waals surface area contributed by atoms with Crippen molar-refractivity contribution in [1.29, 1.82) is 0 Å². The van der Waals surface area contributed by atoms with E-state index in [1.807, 2.05) is 19.1 Å². The van der Waals surface area contributed by atoms with Gasteiger partial charge in [0.05, 0.1) is 10.6 Å². The third-order valence-corrected chi connectivity index (χ3v) is 5.34. The van der Waals surface area contributed by atoms with Crippen molar-refractivity contribution >= 4 is 62.1 Å². The zero-order valence-corrected chi connectivity index (χ0v) is 15.7. The number of phenolic OH excluding ortho intramolecular Hbond substituents is 1. The highest BCUT2D eigenvalue weighted by atomic mass is 79.9. The molecule has 2 N–H and O–H groups in total. The van der Waals surface area contributed by atoms with Gasteiger partial charge >= 0.3 is 0 Å². The second-order valence-corrected chi connectivity index (χ2v) is 7.41. The van der Waals surface area contributed by atoms with E-state index in [4.69, 9.17) is 11.6 Å². The normalized spacial score (nSPS) is 17.5. The molecule has 1 aliphatic rings. The molecular weight excluding hydrogens is 412 g/mol. The Morgan fingerprint density at radius 3 is 2.83 bits per heavy atom. The Labute approximate surface area is 156 Å². The summed E-state index contributed by atoms with van der Waals surface area (Å²) in [4.78, 5) is 17.0. The minimum Gasteiger partial charge on any atom is -0.508 e. The summed E-state index contributed by atoms with van der Waals surface area (Å²) in [7, 11) is 0. The van der Waals surface area contributed by atoms with E-state index >= 15 is 0 Å². The Morgan fingerprint density at radius 2 is 2.08 bits per heavy atom. The standard InChI is InChI=1S/C17H12BrClN2O2S/c1-9-2-3-11(8-14(9)19)20-17-21-16(23)15(24-17)7-10-6-12(22)4-5-13(10)18/h2-8,22H,1H3,(H,20,21,23)/b15-7-. The highest BCUT2D eigenvalue weighted by Crippen LogP contribution is 2.32. The molecule has 0 radical (unpaired) electrons. The van der Waals surface area contributed by atoms with Gasteiger partial charge < -0.3 is 10.4 Å². The molecule has 3 rings (SSSR count).